The predicted octanol–water partition coefficient (Wildman–Crippen LogP) is -0.891. The van der Waals surface area contributed by atoms with Gasteiger partial charge >= 0.3 is 0 Å². The van der Waals surface area contributed by atoms with E-state index in [1.54, 1.807) is 13.2 Å². The number of likely N-dealkylation sites (tertiary alicyclic amines) is 1. The van der Waals surface area contributed by atoms with E-state index in [2.05, 4.69) is 17.1 Å². The Morgan fingerprint density at radius 2 is 2.00 bits per heavy atom. The number of rotatable bonds is 7. The fraction of sp³-hybridized carbons (Fsp3) is 0.944. The van der Waals surface area contributed by atoms with Crippen molar-refractivity contribution in [2.75, 3.05) is 19.8 Å². The van der Waals surface area contributed by atoms with E-state index in [-0.39, 0.29) is 11.9 Å². The van der Waals surface area contributed by atoms with Crippen molar-refractivity contribution < 1.29 is 24.9 Å². The number of hydrogen-bond donors (Lipinski definition) is 5. The summed E-state index contributed by atoms with van der Waals surface area (Å²) in [5.41, 5.74) is 5.38. The zero-order valence-corrected chi connectivity index (χ0v) is 17.4. The lowest BCUT2D eigenvalue weighted by Gasteiger charge is -2.44. The Morgan fingerprint density at radius 3 is 2.56 bits per heavy atom. The van der Waals surface area contributed by atoms with E-state index in [1.807, 2.05) is 7.05 Å². The molecular formula is C18H35N3O5S. The molecule has 8 nitrogen and oxygen atoms in total. The molecule has 2 fully saturated rings. The maximum absolute atomic E-state index is 12.9. The van der Waals surface area contributed by atoms with Gasteiger partial charge in [-0.2, -0.15) is 0 Å². The van der Waals surface area contributed by atoms with Crippen LogP contribution in [0.1, 0.15) is 33.1 Å². The fourth-order valence-corrected chi connectivity index (χ4v) is 4.85. The van der Waals surface area contributed by atoms with Gasteiger partial charge in [0.1, 0.15) is 29.9 Å². The average Bonchev–Trinajstić information content (AvgIpc) is 2.99. The Balaban J connectivity index is 2.09. The third kappa shape index (κ3) is 5.14. The van der Waals surface area contributed by atoms with Crippen LogP contribution >= 0.6 is 11.8 Å². The van der Waals surface area contributed by atoms with Crippen LogP contribution in [0.2, 0.25) is 0 Å². The van der Waals surface area contributed by atoms with Crippen molar-refractivity contribution in [1.29, 1.82) is 0 Å². The molecule has 1 amide bonds. The Bertz CT molecular complexity index is 496. The van der Waals surface area contributed by atoms with Crippen LogP contribution in [0.5, 0.6) is 0 Å². The van der Waals surface area contributed by atoms with Gasteiger partial charge in [-0.25, -0.2) is 0 Å². The van der Waals surface area contributed by atoms with Gasteiger partial charge in [0, 0.05) is 12.6 Å². The van der Waals surface area contributed by atoms with Crippen LogP contribution in [-0.4, -0.2) is 94.0 Å². The summed E-state index contributed by atoms with van der Waals surface area (Å²) in [6, 6.07) is -1.42. The van der Waals surface area contributed by atoms with Crippen molar-refractivity contribution in [3.05, 3.63) is 0 Å². The second kappa shape index (κ2) is 9.87. The second-order valence-corrected chi connectivity index (χ2v) is 8.85. The van der Waals surface area contributed by atoms with E-state index < -0.39 is 41.9 Å². The molecule has 0 saturated carbocycles. The summed E-state index contributed by atoms with van der Waals surface area (Å²) in [6.45, 7) is 4.75. The van der Waals surface area contributed by atoms with E-state index in [0.717, 1.165) is 25.8 Å². The van der Waals surface area contributed by atoms with Gasteiger partial charge in [-0.3, -0.25) is 9.69 Å². The summed E-state index contributed by atoms with van der Waals surface area (Å²) in [5, 5.41) is 33.6. The fourth-order valence-electron chi connectivity index (χ4n) is 4.17. The molecule has 158 valence electrons. The van der Waals surface area contributed by atoms with E-state index in [0.29, 0.717) is 5.92 Å². The summed E-state index contributed by atoms with van der Waals surface area (Å²) < 4.78 is 5.80. The number of nitrogens with zero attached hydrogens (tertiary/aromatic N) is 1. The maximum Gasteiger partial charge on any atom is 0.237 e. The molecule has 0 aromatic carbocycles. The quantitative estimate of drug-likeness (QED) is 0.369. The monoisotopic (exact) mass is 405 g/mol. The van der Waals surface area contributed by atoms with Crippen molar-refractivity contribution in [3.63, 3.8) is 0 Å². The van der Waals surface area contributed by atoms with Crippen LogP contribution in [0.15, 0.2) is 0 Å². The van der Waals surface area contributed by atoms with Gasteiger partial charge < -0.3 is 31.1 Å². The zero-order valence-electron chi connectivity index (χ0n) is 16.6. The van der Waals surface area contributed by atoms with Gasteiger partial charge in [0.15, 0.2) is 0 Å². The number of thioether (sulfide) groups is 1. The molecule has 2 aliphatic rings. The minimum atomic E-state index is -1.36. The normalized spacial score (nSPS) is 39.9. The highest BCUT2D eigenvalue weighted by Gasteiger charge is 2.48. The summed E-state index contributed by atoms with van der Waals surface area (Å²) in [5.74, 6) is 0.356. The van der Waals surface area contributed by atoms with Crippen LogP contribution < -0.4 is 11.1 Å². The molecule has 9 heteroatoms. The smallest absolute Gasteiger partial charge is 0.237 e. The number of aliphatic hydroxyl groups excluding tert-OH is 3. The summed E-state index contributed by atoms with van der Waals surface area (Å²) in [7, 11) is 1.94. The molecule has 0 aromatic heterocycles. The van der Waals surface area contributed by atoms with E-state index >= 15 is 0 Å². The lowest BCUT2D eigenvalue weighted by molar-refractivity contribution is -0.206. The Kier molecular flexibility index (Phi) is 8.35. The number of aliphatic hydroxyl groups is 3. The molecule has 2 rings (SSSR count). The predicted molar refractivity (Wildman–Crippen MR) is 105 cm³/mol. The number of ether oxygens (including phenoxy) is 1. The van der Waals surface area contributed by atoms with Crippen molar-refractivity contribution in [2.24, 2.45) is 11.7 Å². The van der Waals surface area contributed by atoms with Crippen molar-refractivity contribution in [3.8, 4) is 0 Å². The van der Waals surface area contributed by atoms with E-state index in [1.165, 1.54) is 11.8 Å². The number of carbonyl (C=O) groups excluding carboxylic acids is 1. The van der Waals surface area contributed by atoms with Crippen molar-refractivity contribution >= 4 is 17.7 Å². The Hall–Kier alpha value is -0.420. The number of nitrogens with one attached hydrogen (secondary N) is 1. The van der Waals surface area contributed by atoms with E-state index in [9.17, 15) is 20.1 Å². The zero-order chi connectivity index (χ0) is 20.3. The molecular weight excluding hydrogens is 370 g/mol. The number of likely N-dealkylation sites (N-methyl/N-ethyl adjacent to an activating group) is 1. The molecule has 0 bridgehead atoms. The SMILES string of the molecule is CCC[C@@H]1CC(C(=O)N[C@@H]([C@H]2OC(SC)[C@H](O)C(O)[C@@H]2O)[C@H](C)N)N(C)C1. The molecule has 0 aliphatic carbocycles. The first-order valence-corrected chi connectivity index (χ1v) is 11.0. The minimum absolute atomic E-state index is 0.143. The molecule has 2 heterocycles. The first-order chi connectivity index (χ1) is 12.7. The topological polar surface area (TPSA) is 128 Å². The molecule has 2 saturated heterocycles. The van der Waals surface area contributed by atoms with Crippen LogP contribution in [0.3, 0.4) is 0 Å². The third-order valence-corrected chi connectivity index (χ3v) is 6.56. The molecule has 3 unspecified atom stereocenters. The Labute approximate surface area is 165 Å². The highest BCUT2D eigenvalue weighted by Crippen LogP contribution is 2.30. The van der Waals surface area contributed by atoms with Gasteiger partial charge in [0.2, 0.25) is 5.91 Å². The van der Waals surface area contributed by atoms with Gasteiger partial charge in [0.05, 0.1) is 12.1 Å². The second-order valence-electron chi connectivity index (χ2n) is 7.92. The standard InChI is InChI=1S/C18H35N3O5S/c1-5-6-10-7-11(21(3)8-10)17(25)20-12(9(2)19)16-14(23)13(22)15(24)18(26-16)27-4/h9-16,18,22-24H,5-8,19H2,1-4H3,(H,20,25)/t9-,10+,11?,12+,13?,14-,15+,16+,18?/m0/s1. The lowest BCUT2D eigenvalue weighted by Crippen LogP contribution is -2.66. The molecule has 0 spiro atoms. The summed E-state index contributed by atoms with van der Waals surface area (Å²) in [6.07, 6.45) is -0.0747. The minimum Gasteiger partial charge on any atom is -0.388 e. The molecule has 6 N–H and O–H groups in total. The van der Waals surface area contributed by atoms with Gasteiger partial charge in [-0.15, -0.1) is 11.8 Å². The molecule has 0 aromatic rings. The average molecular weight is 406 g/mol. The number of nitrogens with two attached hydrogens (primary N) is 1. The maximum atomic E-state index is 12.9. The number of carbonyl (C=O) groups is 1. The van der Waals surface area contributed by atoms with Crippen LogP contribution in [0.25, 0.3) is 0 Å². The first kappa shape index (κ1) is 22.9. The van der Waals surface area contributed by atoms with Crippen LogP contribution in [0, 0.1) is 5.92 Å². The van der Waals surface area contributed by atoms with E-state index in [4.69, 9.17) is 10.5 Å². The van der Waals surface area contributed by atoms with Gasteiger partial charge in [0.25, 0.3) is 0 Å². The lowest BCUT2D eigenvalue weighted by atomic mass is 9.91. The number of hydrogen-bond acceptors (Lipinski definition) is 8. The first-order valence-electron chi connectivity index (χ1n) is 9.69. The molecule has 0 radical (unpaired) electrons. The largest absolute Gasteiger partial charge is 0.388 e. The van der Waals surface area contributed by atoms with Crippen molar-refractivity contribution in [2.45, 2.75) is 81.1 Å². The molecule has 27 heavy (non-hydrogen) atoms. The van der Waals surface area contributed by atoms with Gasteiger partial charge in [-0.05, 0) is 39.0 Å². The van der Waals surface area contributed by atoms with Gasteiger partial charge in [-0.1, -0.05) is 13.3 Å². The number of amides is 1. The molecule has 9 atom stereocenters. The molecule has 2 aliphatic heterocycles. The summed E-state index contributed by atoms with van der Waals surface area (Å²) in [4.78, 5) is 15.0. The highest BCUT2D eigenvalue weighted by molar-refractivity contribution is 7.99. The highest BCUT2D eigenvalue weighted by atomic mass is 32.2. The van der Waals surface area contributed by atoms with Crippen LogP contribution in [-0.2, 0) is 9.53 Å². The van der Waals surface area contributed by atoms with Crippen LogP contribution in [0.4, 0.5) is 0 Å². The third-order valence-electron chi connectivity index (χ3n) is 5.70. The summed E-state index contributed by atoms with van der Waals surface area (Å²) >= 11 is 1.24. The Morgan fingerprint density at radius 1 is 1.33 bits per heavy atom. The van der Waals surface area contributed by atoms with Crippen molar-refractivity contribution in [1.82, 2.24) is 10.2 Å².